The van der Waals surface area contributed by atoms with Crippen LogP contribution in [-0.4, -0.2) is 41.5 Å². The quantitative estimate of drug-likeness (QED) is 0.825. The van der Waals surface area contributed by atoms with Crippen molar-refractivity contribution < 1.29 is 14.3 Å². The topological polar surface area (TPSA) is 53.4 Å². The van der Waals surface area contributed by atoms with E-state index in [-0.39, 0.29) is 12.2 Å². The first-order chi connectivity index (χ1) is 8.63. The van der Waals surface area contributed by atoms with Crippen LogP contribution in [0.1, 0.15) is 18.3 Å². The first kappa shape index (κ1) is 13.5. The van der Waals surface area contributed by atoms with E-state index in [1.54, 1.807) is 11.7 Å². The van der Waals surface area contributed by atoms with Crippen LogP contribution in [0.2, 0.25) is 5.02 Å². The Balaban J connectivity index is 2.08. The predicted octanol–water partition coefficient (Wildman–Crippen LogP) is 1.16. The van der Waals surface area contributed by atoms with Crippen molar-refractivity contribution in [2.24, 2.45) is 7.05 Å². The third-order valence-corrected chi connectivity index (χ3v) is 3.46. The van der Waals surface area contributed by atoms with E-state index in [9.17, 15) is 4.79 Å². The Morgan fingerprint density at radius 1 is 1.56 bits per heavy atom. The van der Waals surface area contributed by atoms with Crippen molar-refractivity contribution in [3.63, 3.8) is 0 Å². The molecule has 0 spiro atoms. The average molecular weight is 273 g/mol. The molecule has 1 atom stereocenters. The summed E-state index contributed by atoms with van der Waals surface area (Å²) in [6.45, 7) is 3.33. The van der Waals surface area contributed by atoms with Gasteiger partial charge in [0.15, 0.2) is 5.78 Å². The molecule has 100 valence electrons. The van der Waals surface area contributed by atoms with Crippen LogP contribution < -0.4 is 0 Å². The molecule has 0 radical (unpaired) electrons. The van der Waals surface area contributed by atoms with Crippen molar-refractivity contribution in [1.29, 1.82) is 0 Å². The third-order valence-electron chi connectivity index (χ3n) is 3.02. The minimum absolute atomic E-state index is 0.0118. The summed E-state index contributed by atoms with van der Waals surface area (Å²) in [5, 5.41) is 4.88. The summed E-state index contributed by atoms with van der Waals surface area (Å²) >= 11 is 6.21. The van der Waals surface area contributed by atoms with Gasteiger partial charge in [0, 0.05) is 7.05 Å². The van der Waals surface area contributed by atoms with Crippen LogP contribution in [0.25, 0.3) is 0 Å². The number of aromatic nitrogens is 2. The van der Waals surface area contributed by atoms with Crippen molar-refractivity contribution in [1.82, 2.24) is 9.78 Å². The maximum atomic E-state index is 12.1. The highest BCUT2D eigenvalue weighted by Gasteiger charge is 2.25. The number of halogens is 1. The van der Waals surface area contributed by atoms with Crippen molar-refractivity contribution in [2.75, 3.05) is 19.8 Å². The number of rotatable bonds is 4. The van der Waals surface area contributed by atoms with Crippen LogP contribution >= 0.6 is 11.6 Å². The van der Waals surface area contributed by atoms with Gasteiger partial charge in [-0.2, -0.15) is 5.10 Å². The van der Waals surface area contributed by atoms with Crippen molar-refractivity contribution in [3.8, 4) is 0 Å². The van der Waals surface area contributed by atoms with Crippen LogP contribution in [0.15, 0.2) is 0 Å². The number of aryl methyl sites for hydroxylation is 2. The zero-order valence-electron chi connectivity index (χ0n) is 10.6. The lowest BCUT2D eigenvalue weighted by Gasteiger charge is -2.21. The summed E-state index contributed by atoms with van der Waals surface area (Å²) in [5.41, 5.74) is 1.57. The smallest absolute Gasteiger partial charge is 0.169 e. The molecule has 1 aromatic heterocycles. The lowest BCUT2D eigenvalue weighted by atomic mass is 10.1. The second-order valence-corrected chi connectivity index (χ2v) is 4.64. The highest BCUT2D eigenvalue weighted by Crippen LogP contribution is 2.22. The van der Waals surface area contributed by atoms with Gasteiger partial charge in [0.1, 0.15) is 6.10 Å². The molecule has 5 nitrogen and oxygen atoms in total. The van der Waals surface area contributed by atoms with E-state index < -0.39 is 6.10 Å². The molecule has 18 heavy (non-hydrogen) atoms. The summed E-state index contributed by atoms with van der Waals surface area (Å²) < 4.78 is 12.3. The van der Waals surface area contributed by atoms with E-state index in [0.717, 1.165) is 17.8 Å². The number of ketones is 1. The number of nitrogens with zero attached hydrogens (tertiary/aromatic N) is 2. The number of carbonyl (C=O) groups is 1. The summed E-state index contributed by atoms with van der Waals surface area (Å²) in [4.78, 5) is 12.1. The lowest BCUT2D eigenvalue weighted by molar-refractivity contribution is -0.144. The normalized spacial score (nSPS) is 20.1. The van der Waals surface area contributed by atoms with Crippen molar-refractivity contribution in [2.45, 2.75) is 25.9 Å². The molecule has 2 rings (SSSR count). The van der Waals surface area contributed by atoms with Crippen molar-refractivity contribution >= 4 is 17.4 Å². The van der Waals surface area contributed by atoms with Gasteiger partial charge in [0.2, 0.25) is 0 Å². The van der Waals surface area contributed by atoms with Gasteiger partial charge in [0.25, 0.3) is 0 Å². The zero-order chi connectivity index (χ0) is 13.1. The molecule has 0 amide bonds. The molecule has 1 fully saturated rings. The number of hydrogen-bond donors (Lipinski definition) is 0. The van der Waals surface area contributed by atoms with E-state index in [0.29, 0.717) is 24.8 Å². The summed E-state index contributed by atoms with van der Waals surface area (Å²) in [7, 11) is 1.80. The molecule has 1 aliphatic rings. The highest BCUT2D eigenvalue weighted by molar-refractivity contribution is 6.32. The number of Topliss-reactive ketones (excluding diaryl/α,β-unsaturated/α-hetero) is 1. The molecular weight excluding hydrogens is 256 g/mol. The zero-order valence-corrected chi connectivity index (χ0v) is 11.4. The maximum Gasteiger partial charge on any atom is 0.169 e. The molecule has 1 saturated heterocycles. The van der Waals surface area contributed by atoms with E-state index in [1.165, 1.54) is 0 Å². The summed E-state index contributed by atoms with van der Waals surface area (Å²) in [5.74, 6) is -0.0118. The molecule has 1 aromatic rings. The SMILES string of the molecule is CCc1nn(C)c(CC(=O)C2COCCO2)c1Cl. The second kappa shape index (κ2) is 5.82. The molecule has 0 bridgehead atoms. The van der Waals surface area contributed by atoms with E-state index >= 15 is 0 Å². The Labute approximate surface area is 111 Å². The molecule has 6 heteroatoms. The van der Waals surface area contributed by atoms with Gasteiger partial charge in [-0.05, 0) is 6.42 Å². The maximum absolute atomic E-state index is 12.1. The van der Waals surface area contributed by atoms with E-state index in [2.05, 4.69) is 5.10 Å². The van der Waals surface area contributed by atoms with Gasteiger partial charge in [-0.3, -0.25) is 9.48 Å². The Hall–Kier alpha value is -0.910. The molecule has 0 saturated carbocycles. The standard InChI is InChI=1S/C12H17ClN2O3/c1-3-8-12(13)9(15(2)14-8)6-10(16)11-7-17-4-5-18-11/h11H,3-7H2,1-2H3. The largest absolute Gasteiger partial charge is 0.376 e. The predicted molar refractivity (Wildman–Crippen MR) is 66.9 cm³/mol. The molecule has 0 aromatic carbocycles. The average Bonchev–Trinajstić information content (AvgIpc) is 2.67. The van der Waals surface area contributed by atoms with Gasteiger partial charge in [-0.1, -0.05) is 18.5 Å². The molecular formula is C12H17ClN2O3. The van der Waals surface area contributed by atoms with E-state index in [4.69, 9.17) is 21.1 Å². The molecule has 0 aliphatic carbocycles. The second-order valence-electron chi connectivity index (χ2n) is 4.26. The molecule has 2 heterocycles. The molecule has 0 N–H and O–H groups in total. The lowest BCUT2D eigenvalue weighted by Crippen LogP contribution is -2.36. The number of carbonyl (C=O) groups excluding carboxylic acids is 1. The Morgan fingerprint density at radius 3 is 2.89 bits per heavy atom. The van der Waals surface area contributed by atoms with Gasteiger partial charge in [0.05, 0.1) is 42.7 Å². The number of ether oxygens (including phenoxy) is 2. The fourth-order valence-corrected chi connectivity index (χ4v) is 2.32. The molecule has 1 unspecified atom stereocenters. The van der Waals surface area contributed by atoms with Crippen LogP contribution in [0.4, 0.5) is 0 Å². The third kappa shape index (κ3) is 2.74. The van der Waals surface area contributed by atoms with Gasteiger partial charge < -0.3 is 9.47 Å². The Bertz CT molecular complexity index is 439. The summed E-state index contributed by atoms with van der Waals surface area (Å²) in [6, 6.07) is 0. The Morgan fingerprint density at radius 2 is 2.33 bits per heavy atom. The Kier molecular flexibility index (Phi) is 4.37. The summed E-state index contributed by atoms with van der Waals surface area (Å²) in [6.07, 6.45) is 0.509. The highest BCUT2D eigenvalue weighted by atomic mass is 35.5. The first-order valence-corrected chi connectivity index (χ1v) is 6.43. The number of hydrogen-bond acceptors (Lipinski definition) is 4. The van der Waals surface area contributed by atoms with Crippen molar-refractivity contribution in [3.05, 3.63) is 16.4 Å². The van der Waals surface area contributed by atoms with Crippen LogP contribution in [0, 0.1) is 0 Å². The van der Waals surface area contributed by atoms with Crippen LogP contribution in [-0.2, 0) is 34.2 Å². The fraction of sp³-hybridized carbons (Fsp3) is 0.667. The van der Waals surface area contributed by atoms with Crippen LogP contribution in [0.3, 0.4) is 0 Å². The van der Waals surface area contributed by atoms with Crippen LogP contribution in [0.5, 0.6) is 0 Å². The van der Waals surface area contributed by atoms with Gasteiger partial charge in [-0.25, -0.2) is 0 Å². The van der Waals surface area contributed by atoms with E-state index in [1.807, 2.05) is 6.92 Å². The monoisotopic (exact) mass is 272 g/mol. The first-order valence-electron chi connectivity index (χ1n) is 6.05. The fourth-order valence-electron chi connectivity index (χ4n) is 1.96. The molecule has 1 aliphatic heterocycles. The minimum atomic E-state index is -0.477. The minimum Gasteiger partial charge on any atom is -0.376 e. The van der Waals surface area contributed by atoms with Gasteiger partial charge >= 0.3 is 0 Å². The van der Waals surface area contributed by atoms with Gasteiger partial charge in [-0.15, -0.1) is 0 Å².